The van der Waals surface area contributed by atoms with Crippen LogP contribution in [0.3, 0.4) is 0 Å². The number of rotatable bonds is 2. The van der Waals surface area contributed by atoms with Crippen LogP contribution in [0.5, 0.6) is 5.75 Å². The Bertz CT molecular complexity index is 552. The number of nitrogens with zero attached hydrogens (tertiary/aromatic N) is 3. The van der Waals surface area contributed by atoms with Gasteiger partial charge in [0.1, 0.15) is 24.0 Å². The molecule has 17 heavy (non-hydrogen) atoms. The molecule has 6 heteroatoms. The number of hydrogen-bond acceptors (Lipinski definition) is 4. The minimum absolute atomic E-state index is 0.0482. The molecule has 1 aromatic heterocycles. The molecule has 1 unspecified atom stereocenters. The molecule has 2 aromatic rings. The van der Waals surface area contributed by atoms with E-state index < -0.39 is 0 Å². The zero-order valence-corrected chi connectivity index (χ0v) is 9.01. The summed E-state index contributed by atoms with van der Waals surface area (Å²) in [5, 5.41) is 3.98. The van der Waals surface area contributed by atoms with Gasteiger partial charge in [0, 0.05) is 12.0 Å². The minimum Gasteiger partial charge on any atom is -0.488 e. The summed E-state index contributed by atoms with van der Waals surface area (Å²) in [6, 6.07) is 4.56. The van der Waals surface area contributed by atoms with Crippen molar-refractivity contribution in [3.05, 3.63) is 35.9 Å². The average Bonchev–Trinajstić information content (AvgIpc) is 2.84. The topological polar surface area (TPSA) is 66.0 Å². The van der Waals surface area contributed by atoms with Crippen molar-refractivity contribution in [2.75, 3.05) is 5.73 Å². The Labute approximate surface area is 97.0 Å². The number of aromatic nitrogens is 3. The highest BCUT2D eigenvalue weighted by Crippen LogP contribution is 2.29. The molecule has 0 spiro atoms. The summed E-state index contributed by atoms with van der Waals surface area (Å²) >= 11 is 0. The van der Waals surface area contributed by atoms with Crippen molar-refractivity contribution in [1.29, 1.82) is 0 Å². The molecule has 1 aliphatic heterocycles. The molecule has 1 aliphatic rings. The quantitative estimate of drug-likeness (QED) is 0.842. The molecule has 5 nitrogen and oxygen atoms in total. The van der Waals surface area contributed by atoms with Crippen LogP contribution in [0.2, 0.25) is 0 Å². The molecule has 3 rings (SSSR count). The van der Waals surface area contributed by atoms with E-state index in [0.29, 0.717) is 13.0 Å². The first-order valence-corrected chi connectivity index (χ1v) is 5.31. The van der Waals surface area contributed by atoms with Gasteiger partial charge in [-0.2, -0.15) is 0 Å². The van der Waals surface area contributed by atoms with Gasteiger partial charge >= 0.3 is 0 Å². The molecule has 0 radical (unpaired) electrons. The molecule has 0 saturated carbocycles. The minimum atomic E-state index is -0.238. The lowest BCUT2D eigenvalue weighted by Gasteiger charge is -2.09. The van der Waals surface area contributed by atoms with Gasteiger partial charge in [0.05, 0.1) is 6.54 Å². The van der Waals surface area contributed by atoms with E-state index in [0.717, 1.165) is 11.3 Å². The van der Waals surface area contributed by atoms with Gasteiger partial charge in [0.2, 0.25) is 5.95 Å². The van der Waals surface area contributed by atoms with Gasteiger partial charge in [0.25, 0.3) is 0 Å². The van der Waals surface area contributed by atoms with Gasteiger partial charge in [0.15, 0.2) is 0 Å². The maximum absolute atomic E-state index is 13.0. The average molecular weight is 234 g/mol. The Morgan fingerprint density at radius 1 is 1.53 bits per heavy atom. The van der Waals surface area contributed by atoms with Crippen LogP contribution in [0.25, 0.3) is 0 Å². The van der Waals surface area contributed by atoms with Crippen molar-refractivity contribution in [3.8, 4) is 5.75 Å². The van der Waals surface area contributed by atoms with Crippen molar-refractivity contribution in [2.45, 2.75) is 19.1 Å². The molecule has 0 aliphatic carbocycles. The van der Waals surface area contributed by atoms with Crippen LogP contribution in [0, 0.1) is 5.82 Å². The molecule has 2 N–H and O–H groups in total. The fraction of sp³-hybridized carbons (Fsp3) is 0.273. The van der Waals surface area contributed by atoms with Gasteiger partial charge in [-0.05, 0) is 18.2 Å². The Hall–Kier alpha value is -2.11. The van der Waals surface area contributed by atoms with Crippen LogP contribution >= 0.6 is 0 Å². The third-order valence-corrected chi connectivity index (χ3v) is 2.71. The number of nitrogen functional groups attached to an aromatic ring is 1. The van der Waals surface area contributed by atoms with Crippen molar-refractivity contribution in [2.24, 2.45) is 0 Å². The van der Waals surface area contributed by atoms with E-state index in [-0.39, 0.29) is 17.9 Å². The lowest BCUT2D eigenvalue weighted by molar-refractivity contribution is 0.203. The van der Waals surface area contributed by atoms with E-state index in [2.05, 4.69) is 10.1 Å². The summed E-state index contributed by atoms with van der Waals surface area (Å²) in [7, 11) is 0. The number of hydrogen-bond donors (Lipinski definition) is 1. The second-order valence-corrected chi connectivity index (χ2v) is 4.02. The summed E-state index contributed by atoms with van der Waals surface area (Å²) in [4.78, 5) is 3.84. The SMILES string of the molecule is Nc1ncn(CC2Cc3cc(F)ccc3O2)n1. The summed E-state index contributed by atoms with van der Waals surface area (Å²) < 4.78 is 20.3. The summed E-state index contributed by atoms with van der Waals surface area (Å²) in [6.45, 7) is 0.556. The highest BCUT2D eigenvalue weighted by molar-refractivity contribution is 5.37. The predicted molar refractivity (Wildman–Crippen MR) is 59.0 cm³/mol. The number of halogens is 1. The van der Waals surface area contributed by atoms with Crippen molar-refractivity contribution in [3.63, 3.8) is 0 Å². The molecule has 2 heterocycles. The maximum Gasteiger partial charge on any atom is 0.239 e. The predicted octanol–water partition coefficient (Wildman–Crippen LogP) is 1.00. The molecule has 0 fully saturated rings. The fourth-order valence-electron chi connectivity index (χ4n) is 2.00. The first kappa shape index (κ1) is 10.1. The molecule has 0 saturated heterocycles. The Kier molecular flexibility index (Phi) is 2.21. The molecular formula is C11H11FN4O. The Morgan fingerprint density at radius 2 is 2.41 bits per heavy atom. The number of benzene rings is 1. The zero-order chi connectivity index (χ0) is 11.8. The third-order valence-electron chi connectivity index (χ3n) is 2.71. The molecule has 0 bridgehead atoms. The molecular weight excluding hydrogens is 223 g/mol. The fourth-order valence-corrected chi connectivity index (χ4v) is 2.00. The van der Waals surface area contributed by atoms with Crippen molar-refractivity contribution in [1.82, 2.24) is 14.8 Å². The Balaban J connectivity index is 1.74. The largest absolute Gasteiger partial charge is 0.488 e. The molecule has 1 aromatic carbocycles. The van der Waals surface area contributed by atoms with Gasteiger partial charge in [-0.3, -0.25) is 0 Å². The number of fused-ring (bicyclic) bond motifs is 1. The van der Waals surface area contributed by atoms with Crippen molar-refractivity contribution >= 4 is 5.95 Å². The molecule has 0 amide bonds. The smallest absolute Gasteiger partial charge is 0.239 e. The van der Waals surface area contributed by atoms with Gasteiger partial charge in [-0.1, -0.05) is 0 Å². The highest BCUT2D eigenvalue weighted by Gasteiger charge is 2.23. The number of nitrogens with two attached hydrogens (primary N) is 1. The first-order valence-electron chi connectivity index (χ1n) is 5.31. The van der Waals surface area contributed by atoms with Crippen LogP contribution in [-0.4, -0.2) is 20.9 Å². The van der Waals surface area contributed by atoms with Crippen LogP contribution in [0.4, 0.5) is 10.3 Å². The van der Waals surface area contributed by atoms with Gasteiger partial charge in [-0.15, -0.1) is 5.10 Å². The number of anilines is 1. The molecule has 1 atom stereocenters. The van der Waals surface area contributed by atoms with E-state index in [9.17, 15) is 4.39 Å². The van der Waals surface area contributed by atoms with Crippen molar-refractivity contribution < 1.29 is 9.13 Å². The Morgan fingerprint density at radius 3 is 3.18 bits per heavy atom. The summed E-state index contributed by atoms with van der Waals surface area (Å²) in [5.41, 5.74) is 6.32. The highest BCUT2D eigenvalue weighted by atomic mass is 19.1. The van der Waals surface area contributed by atoms with Gasteiger partial charge < -0.3 is 10.5 Å². The second-order valence-electron chi connectivity index (χ2n) is 4.02. The normalized spacial score (nSPS) is 17.8. The van der Waals surface area contributed by atoms with Gasteiger partial charge in [-0.25, -0.2) is 14.1 Å². The van der Waals surface area contributed by atoms with Crippen LogP contribution < -0.4 is 10.5 Å². The standard InChI is InChI=1S/C11H11FN4O/c12-8-1-2-10-7(3-8)4-9(17-10)5-16-6-14-11(13)15-16/h1-3,6,9H,4-5H2,(H2,13,15). The summed E-state index contributed by atoms with van der Waals surface area (Å²) in [5.74, 6) is 0.744. The third kappa shape index (κ3) is 1.93. The maximum atomic E-state index is 13.0. The summed E-state index contributed by atoms with van der Waals surface area (Å²) in [6.07, 6.45) is 2.18. The zero-order valence-electron chi connectivity index (χ0n) is 9.01. The van der Waals surface area contributed by atoms with E-state index in [1.54, 1.807) is 17.1 Å². The van der Waals surface area contributed by atoms with Crippen LogP contribution in [0.1, 0.15) is 5.56 Å². The monoisotopic (exact) mass is 234 g/mol. The van der Waals surface area contributed by atoms with E-state index in [1.807, 2.05) is 0 Å². The molecule has 88 valence electrons. The first-order chi connectivity index (χ1) is 8.20. The van der Waals surface area contributed by atoms with Crippen LogP contribution in [0.15, 0.2) is 24.5 Å². The lowest BCUT2D eigenvalue weighted by atomic mass is 10.1. The van der Waals surface area contributed by atoms with Crippen LogP contribution in [-0.2, 0) is 13.0 Å². The lowest BCUT2D eigenvalue weighted by Crippen LogP contribution is -2.21. The van der Waals surface area contributed by atoms with E-state index >= 15 is 0 Å². The van der Waals surface area contributed by atoms with E-state index in [1.165, 1.54) is 12.1 Å². The van der Waals surface area contributed by atoms with E-state index in [4.69, 9.17) is 10.5 Å². The second kappa shape index (κ2) is 3.73. The number of ether oxygens (including phenoxy) is 1.